The Bertz CT molecular complexity index is 654. The van der Waals surface area contributed by atoms with E-state index in [1.54, 1.807) is 0 Å². The van der Waals surface area contributed by atoms with Gasteiger partial charge in [0.1, 0.15) is 5.82 Å². The first-order chi connectivity index (χ1) is 8.52. The molecule has 0 bridgehead atoms. The SMILES string of the molecule is Cn1nc(-c2cc(Cl)ccc2F)c(CN)cc1=O. The molecule has 0 atom stereocenters. The highest BCUT2D eigenvalue weighted by Gasteiger charge is 2.13. The number of nitrogens with zero attached hydrogens (tertiary/aromatic N) is 2. The van der Waals surface area contributed by atoms with Crippen LogP contribution in [0.1, 0.15) is 5.56 Å². The lowest BCUT2D eigenvalue weighted by atomic mass is 10.1. The van der Waals surface area contributed by atoms with E-state index in [4.69, 9.17) is 17.3 Å². The van der Waals surface area contributed by atoms with Gasteiger partial charge in [-0.25, -0.2) is 9.07 Å². The van der Waals surface area contributed by atoms with Crippen LogP contribution in [-0.2, 0) is 13.6 Å². The molecule has 2 rings (SSSR count). The quantitative estimate of drug-likeness (QED) is 0.901. The lowest BCUT2D eigenvalue weighted by Gasteiger charge is -2.09. The number of hydrogen-bond donors (Lipinski definition) is 1. The fourth-order valence-corrected chi connectivity index (χ4v) is 1.81. The van der Waals surface area contributed by atoms with Gasteiger partial charge in [0.25, 0.3) is 5.56 Å². The minimum Gasteiger partial charge on any atom is -0.326 e. The molecular weight excluding hydrogens is 257 g/mol. The van der Waals surface area contributed by atoms with Crippen LogP contribution in [0.25, 0.3) is 11.3 Å². The summed E-state index contributed by atoms with van der Waals surface area (Å²) in [4.78, 5) is 11.5. The van der Waals surface area contributed by atoms with E-state index in [0.29, 0.717) is 16.3 Å². The predicted molar refractivity (Wildman–Crippen MR) is 67.8 cm³/mol. The van der Waals surface area contributed by atoms with Crippen LogP contribution in [0, 0.1) is 5.82 Å². The molecule has 1 aromatic heterocycles. The Morgan fingerprint density at radius 1 is 1.44 bits per heavy atom. The molecule has 1 aromatic carbocycles. The van der Waals surface area contributed by atoms with Gasteiger partial charge in [0.15, 0.2) is 0 Å². The molecule has 2 N–H and O–H groups in total. The highest BCUT2D eigenvalue weighted by atomic mass is 35.5. The topological polar surface area (TPSA) is 60.9 Å². The van der Waals surface area contributed by atoms with Gasteiger partial charge in [0, 0.05) is 30.2 Å². The number of halogens is 2. The van der Waals surface area contributed by atoms with Gasteiger partial charge in [0.05, 0.1) is 5.69 Å². The maximum atomic E-state index is 13.8. The molecule has 0 fully saturated rings. The van der Waals surface area contributed by atoms with Crippen molar-refractivity contribution in [2.45, 2.75) is 6.54 Å². The minimum atomic E-state index is -0.458. The molecule has 0 aliphatic heterocycles. The van der Waals surface area contributed by atoms with Gasteiger partial charge in [0.2, 0.25) is 0 Å². The predicted octanol–water partition coefficient (Wildman–Crippen LogP) is 1.70. The zero-order chi connectivity index (χ0) is 13.3. The van der Waals surface area contributed by atoms with Crippen molar-refractivity contribution in [3.05, 3.63) is 51.0 Å². The normalized spacial score (nSPS) is 10.7. The Labute approximate surface area is 108 Å². The van der Waals surface area contributed by atoms with Gasteiger partial charge in [-0.2, -0.15) is 5.10 Å². The first-order valence-electron chi connectivity index (χ1n) is 5.25. The number of aryl methyl sites for hydroxylation is 1. The standard InChI is InChI=1S/C12H11ClFN3O/c1-17-11(18)4-7(6-15)12(16-17)9-5-8(13)2-3-10(9)14/h2-5H,6,15H2,1H3. The molecular formula is C12H11ClFN3O. The molecule has 1 heterocycles. The number of nitrogens with two attached hydrogens (primary N) is 1. The van der Waals surface area contributed by atoms with E-state index in [0.717, 1.165) is 4.68 Å². The Hall–Kier alpha value is -1.72. The van der Waals surface area contributed by atoms with Crippen molar-refractivity contribution < 1.29 is 4.39 Å². The molecule has 0 radical (unpaired) electrons. The summed E-state index contributed by atoms with van der Waals surface area (Å²) in [6.07, 6.45) is 0. The molecule has 94 valence electrons. The molecule has 0 saturated heterocycles. The van der Waals surface area contributed by atoms with E-state index in [1.165, 1.54) is 31.3 Å². The number of hydrogen-bond acceptors (Lipinski definition) is 3. The minimum absolute atomic E-state index is 0.102. The average molecular weight is 268 g/mol. The van der Waals surface area contributed by atoms with E-state index in [9.17, 15) is 9.18 Å². The molecule has 0 saturated carbocycles. The van der Waals surface area contributed by atoms with Gasteiger partial charge >= 0.3 is 0 Å². The zero-order valence-corrected chi connectivity index (χ0v) is 10.4. The second-order valence-corrected chi connectivity index (χ2v) is 4.24. The summed E-state index contributed by atoms with van der Waals surface area (Å²) in [5.41, 5.74) is 6.31. The molecule has 0 aliphatic carbocycles. The molecule has 0 amide bonds. The van der Waals surface area contributed by atoms with Crippen LogP contribution in [0.2, 0.25) is 5.02 Å². The lowest BCUT2D eigenvalue weighted by Crippen LogP contribution is -2.21. The molecule has 2 aromatic rings. The maximum absolute atomic E-state index is 13.8. The maximum Gasteiger partial charge on any atom is 0.266 e. The molecule has 18 heavy (non-hydrogen) atoms. The molecule has 0 unspecified atom stereocenters. The highest BCUT2D eigenvalue weighted by Crippen LogP contribution is 2.26. The third-order valence-corrected chi connectivity index (χ3v) is 2.81. The van der Waals surface area contributed by atoms with Crippen LogP contribution in [-0.4, -0.2) is 9.78 Å². The van der Waals surface area contributed by atoms with Gasteiger partial charge < -0.3 is 5.73 Å². The van der Waals surface area contributed by atoms with Crippen molar-refractivity contribution in [1.82, 2.24) is 9.78 Å². The summed E-state index contributed by atoms with van der Waals surface area (Å²) in [5, 5.41) is 4.43. The van der Waals surface area contributed by atoms with Crippen molar-refractivity contribution in [2.24, 2.45) is 12.8 Å². The first-order valence-corrected chi connectivity index (χ1v) is 5.63. The second-order valence-electron chi connectivity index (χ2n) is 3.81. The van der Waals surface area contributed by atoms with Gasteiger partial charge in [-0.15, -0.1) is 0 Å². The van der Waals surface area contributed by atoms with Gasteiger partial charge in [-0.3, -0.25) is 4.79 Å². The summed E-state index contributed by atoms with van der Waals surface area (Å²) in [5.74, 6) is -0.458. The van der Waals surface area contributed by atoms with Gasteiger partial charge in [-0.05, 0) is 23.8 Å². The average Bonchev–Trinajstić information content (AvgIpc) is 2.35. The van der Waals surface area contributed by atoms with E-state index in [-0.39, 0.29) is 17.7 Å². The monoisotopic (exact) mass is 267 g/mol. The Kier molecular flexibility index (Phi) is 3.45. The smallest absolute Gasteiger partial charge is 0.266 e. The zero-order valence-electron chi connectivity index (χ0n) is 9.65. The molecule has 0 aliphatic rings. The third-order valence-electron chi connectivity index (χ3n) is 2.57. The number of benzene rings is 1. The second kappa shape index (κ2) is 4.88. The fourth-order valence-electron chi connectivity index (χ4n) is 1.64. The Morgan fingerprint density at radius 3 is 2.83 bits per heavy atom. The molecule has 4 nitrogen and oxygen atoms in total. The van der Waals surface area contributed by atoms with E-state index in [2.05, 4.69) is 5.10 Å². The summed E-state index contributed by atoms with van der Waals surface area (Å²) >= 11 is 5.84. The van der Waals surface area contributed by atoms with E-state index < -0.39 is 5.82 Å². The number of aromatic nitrogens is 2. The van der Waals surface area contributed by atoms with Crippen LogP contribution in [0.3, 0.4) is 0 Å². The summed E-state index contributed by atoms with van der Waals surface area (Å²) in [7, 11) is 1.49. The van der Waals surface area contributed by atoms with Crippen molar-refractivity contribution in [2.75, 3.05) is 0 Å². The van der Waals surface area contributed by atoms with Crippen LogP contribution >= 0.6 is 11.6 Å². The van der Waals surface area contributed by atoms with Crippen molar-refractivity contribution in [3.8, 4) is 11.3 Å². The molecule has 0 spiro atoms. The van der Waals surface area contributed by atoms with Crippen molar-refractivity contribution in [3.63, 3.8) is 0 Å². The largest absolute Gasteiger partial charge is 0.326 e. The Morgan fingerprint density at radius 2 is 2.17 bits per heavy atom. The summed E-state index contributed by atoms with van der Waals surface area (Å²) in [6, 6.07) is 5.51. The lowest BCUT2D eigenvalue weighted by molar-refractivity contribution is 0.627. The third kappa shape index (κ3) is 2.27. The van der Waals surface area contributed by atoms with Crippen LogP contribution in [0.5, 0.6) is 0 Å². The van der Waals surface area contributed by atoms with Crippen LogP contribution < -0.4 is 11.3 Å². The number of rotatable bonds is 2. The van der Waals surface area contributed by atoms with E-state index in [1.807, 2.05) is 0 Å². The fraction of sp³-hybridized carbons (Fsp3) is 0.167. The Balaban J connectivity index is 2.73. The first kappa shape index (κ1) is 12.7. The van der Waals surface area contributed by atoms with Gasteiger partial charge in [-0.1, -0.05) is 11.6 Å². The highest BCUT2D eigenvalue weighted by molar-refractivity contribution is 6.30. The summed E-state index contributed by atoms with van der Waals surface area (Å²) in [6.45, 7) is 0.102. The van der Waals surface area contributed by atoms with Crippen molar-refractivity contribution in [1.29, 1.82) is 0 Å². The van der Waals surface area contributed by atoms with E-state index >= 15 is 0 Å². The van der Waals surface area contributed by atoms with Crippen LogP contribution in [0.4, 0.5) is 4.39 Å². The van der Waals surface area contributed by atoms with Crippen LogP contribution in [0.15, 0.2) is 29.1 Å². The molecule has 6 heteroatoms. The summed E-state index contributed by atoms with van der Waals surface area (Å²) < 4.78 is 14.9. The van der Waals surface area contributed by atoms with Crippen molar-refractivity contribution >= 4 is 11.6 Å².